The van der Waals surface area contributed by atoms with Crippen molar-refractivity contribution in [1.82, 2.24) is 15.3 Å². The molecule has 2 aromatic heterocycles. The van der Waals surface area contributed by atoms with Gasteiger partial charge in [-0.2, -0.15) is 0 Å². The maximum absolute atomic E-state index is 12.3. The van der Waals surface area contributed by atoms with Gasteiger partial charge in [0.25, 0.3) is 5.91 Å². The van der Waals surface area contributed by atoms with E-state index in [4.69, 9.17) is 4.42 Å². The predicted octanol–water partition coefficient (Wildman–Crippen LogP) is 2.82. The molecular formula is C17H17N3O4. The van der Waals surface area contributed by atoms with Gasteiger partial charge in [-0.25, -0.2) is 9.78 Å². The molecule has 0 spiro atoms. The molecule has 0 unspecified atom stereocenters. The number of hydrogen-bond acceptors (Lipinski definition) is 5. The Balaban J connectivity index is 1.78. The number of para-hydroxylation sites is 2. The van der Waals surface area contributed by atoms with Crippen LogP contribution in [0.1, 0.15) is 46.1 Å². The van der Waals surface area contributed by atoms with Crippen molar-refractivity contribution in [1.29, 1.82) is 0 Å². The first kappa shape index (κ1) is 15.8. The summed E-state index contributed by atoms with van der Waals surface area (Å²) in [6.45, 7) is 1.94. The topological polar surface area (TPSA) is 97.2 Å². The molecule has 0 aliphatic carbocycles. The van der Waals surface area contributed by atoms with Crippen molar-refractivity contribution in [3.05, 3.63) is 53.7 Å². The Labute approximate surface area is 138 Å². The lowest BCUT2D eigenvalue weighted by Crippen LogP contribution is -2.28. The number of methoxy groups -OCH3 is 1. The number of nitrogens with one attached hydrogen (secondary N) is 2. The third kappa shape index (κ3) is 3.01. The summed E-state index contributed by atoms with van der Waals surface area (Å²) in [7, 11) is 1.27. The Morgan fingerprint density at radius 2 is 2.17 bits per heavy atom. The maximum atomic E-state index is 12.3. The highest BCUT2D eigenvalue weighted by atomic mass is 16.5. The number of hydrogen-bond donors (Lipinski definition) is 2. The van der Waals surface area contributed by atoms with Crippen LogP contribution in [0, 0.1) is 0 Å². The number of ether oxygens (including phenoxy) is 1. The Morgan fingerprint density at radius 1 is 1.38 bits per heavy atom. The number of aromatic nitrogens is 2. The molecule has 2 heterocycles. The third-order valence-electron chi connectivity index (χ3n) is 3.70. The van der Waals surface area contributed by atoms with Crippen LogP contribution in [0.2, 0.25) is 0 Å². The second kappa shape index (κ2) is 6.57. The fourth-order valence-electron chi connectivity index (χ4n) is 2.41. The van der Waals surface area contributed by atoms with E-state index in [0.717, 1.165) is 11.0 Å². The number of amides is 1. The number of benzene rings is 1. The molecule has 0 saturated carbocycles. The molecule has 1 atom stereocenters. The van der Waals surface area contributed by atoms with Crippen LogP contribution in [0.15, 0.2) is 41.0 Å². The van der Waals surface area contributed by atoms with Gasteiger partial charge in [0, 0.05) is 6.07 Å². The zero-order chi connectivity index (χ0) is 17.1. The molecule has 0 saturated heterocycles. The smallest absolute Gasteiger partial charge is 0.341 e. The van der Waals surface area contributed by atoms with Crippen molar-refractivity contribution in [2.75, 3.05) is 7.11 Å². The summed E-state index contributed by atoms with van der Waals surface area (Å²) in [4.78, 5) is 31.5. The number of esters is 1. The number of imidazole rings is 1. The number of furan rings is 1. The van der Waals surface area contributed by atoms with E-state index < -0.39 is 11.9 Å². The maximum Gasteiger partial charge on any atom is 0.341 e. The van der Waals surface area contributed by atoms with E-state index in [9.17, 15) is 9.59 Å². The summed E-state index contributed by atoms with van der Waals surface area (Å²) in [5.41, 5.74) is 1.94. The van der Waals surface area contributed by atoms with Crippen molar-refractivity contribution in [3.8, 4) is 0 Å². The third-order valence-corrected chi connectivity index (χ3v) is 3.70. The Morgan fingerprint density at radius 3 is 2.88 bits per heavy atom. The highest BCUT2D eigenvalue weighted by Gasteiger charge is 2.21. The molecule has 0 aliphatic rings. The summed E-state index contributed by atoms with van der Waals surface area (Å²) < 4.78 is 9.74. The van der Waals surface area contributed by atoms with E-state index >= 15 is 0 Å². The van der Waals surface area contributed by atoms with Crippen molar-refractivity contribution >= 4 is 22.9 Å². The summed E-state index contributed by atoms with van der Waals surface area (Å²) in [6.07, 6.45) is 1.85. The lowest BCUT2D eigenvalue weighted by molar-refractivity contribution is 0.0599. The van der Waals surface area contributed by atoms with Crippen LogP contribution in [0.5, 0.6) is 0 Å². The zero-order valence-electron chi connectivity index (χ0n) is 13.3. The second-order valence-electron chi connectivity index (χ2n) is 5.26. The molecule has 7 heteroatoms. The van der Waals surface area contributed by atoms with Crippen LogP contribution in [0.4, 0.5) is 0 Å². The molecule has 124 valence electrons. The van der Waals surface area contributed by atoms with Gasteiger partial charge in [0.15, 0.2) is 5.76 Å². The molecular weight excluding hydrogens is 310 g/mol. The van der Waals surface area contributed by atoms with Gasteiger partial charge in [-0.15, -0.1) is 0 Å². The molecule has 1 aromatic carbocycles. The van der Waals surface area contributed by atoms with Gasteiger partial charge in [0.2, 0.25) is 0 Å². The van der Waals surface area contributed by atoms with Crippen LogP contribution >= 0.6 is 0 Å². The number of carbonyl (C=O) groups is 2. The molecule has 0 fully saturated rings. The Bertz CT molecular complexity index is 848. The van der Waals surface area contributed by atoms with E-state index in [1.807, 2.05) is 31.2 Å². The van der Waals surface area contributed by atoms with Gasteiger partial charge in [0.1, 0.15) is 12.1 Å². The normalized spacial score (nSPS) is 12.1. The average molecular weight is 327 g/mol. The summed E-state index contributed by atoms with van der Waals surface area (Å²) in [6, 6.07) is 8.71. The zero-order valence-corrected chi connectivity index (χ0v) is 13.3. The summed E-state index contributed by atoms with van der Waals surface area (Å²) >= 11 is 0. The molecule has 0 aliphatic heterocycles. The van der Waals surface area contributed by atoms with Crippen LogP contribution in [0.3, 0.4) is 0 Å². The van der Waals surface area contributed by atoms with Crippen molar-refractivity contribution in [3.63, 3.8) is 0 Å². The van der Waals surface area contributed by atoms with Crippen molar-refractivity contribution in [2.45, 2.75) is 19.4 Å². The highest BCUT2D eigenvalue weighted by Crippen LogP contribution is 2.19. The first-order chi connectivity index (χ1) is 11.6. The van der Waals surface area contributed by atoms with Gasteiger partial charge >= 0.3 is 5.97 Å². The molecule has 7 nitrogen and oxygen atoms in total. The predicted molar refractivity (Wildman–Crippen MR) is 86.6 cm³/mol. The quantitative estimate of drug-likeness (QED) is 0.702. The minimum Gasteiger partial charge on any atom is -0.465 e. The standard InChI is InChI=1S/C17H17N3O4/c1-3-11(15-18-12-6-4-5-7-13(12)19-15)20-16(21)14-8-10(9-24-14)17(22)23-2/h4-9,11H,3H2,1-2H3,(H,18,19)(H,20,21)/t11-/m1/s1. The highest BCUT2D eigenvalue weighted by molar-refractivity contribution is 5.96. The van der Waals surface area contributed by atoms with Crippen LogP contribution in [-0.2, 0) is 4.74 Å². The van der Waals surface area contributed by atoms with Crippen LogP contribution in [0.25, 0.3) is 11.0 Å². The number of aromatic amines is 1. The van der Waals surface area contributed by atoms with E-state index in [1.165, 1.54) is 19.4 Å². The fourth-order valence-corrected chi connectivity index (χ4v) is 2.41. The Kier molecular flexibility index (Phi) is 4.33. The van der Waals surface area contributed by atoms with E-state index in [1.54, 1.807) is 0 Å². The molecule has 1 amide bonds. The van der Waals surface area contributed by atoms with Crippen molar-refractivity contribution < 1.29 is 18.7 Å². The van der Waals surface area contributed by atoms with Crippen molar-refractivity contribution in [2.24, 2.45) is 0 Å². The van der Waals surface area contributed by atoms with Crippen LogP contribution in [-0.4, -0.2) is 29.0 Å². The summed E-state index contributed by atoms with van der Waals surface area (Å²) in [5.74, 6) is -0.253. The molecule has 0 bridgehead atoms. The number of nitrogens with zero attached hydrogens (tertiary/aromatic N) is 1. The lowest BCUT2D eigenvalue weighted by atomic mass is 10.2. The SMILES string of the molecule is CC[C@@H](NC(=O)c1cc(C(=O)OC)co1)c1nc2ccccc2[nH]1. The number of carbonyl (C=O) groups excluding carboxylic acids is 2. The molecule has 2 N–H and O–H groups in total. The fraction of sp³-hybridized carbons (Fsp3) is 0.235. The molecule has 3 rings (SSSR count). The van der Waals surface area contributed by atoms with E-state index in [2.05, 4.69) is 20.0 Å². The largest absolute Gasteiger partial charge is 0.465 e. The van der Waals surface area contributed by atoms with E-state index in [-0.39, 0.29) is 17.4 Å². The van der Waals surface area contributed by atoms with Gasteiger partial charge in [-0.1, -0.05) is 19.1 Å². The monoisotopic (exact) mass is 327 g/mol. The summed E-state index contributed by atoms with van der Waals surface area (Å²) in [5, 5.41) is 2.85. The van der Waals surface area contributed by atoms with E-state index in [0.29, 0.717) is 12.2 Å². The lowest BCUT2D eigenvalue weighted by Gasteiger charge is -2.13. The molecule has 24 heavy (non-hydrogen) atoms. The van der Waals surface area contributed by atoms with Crippen LogP contribution < -0.4 is 5.32 Å². The first-order valence-electron chi connectivity index (χ1n) is 7.54. The number of H-pyrrole nitrogens is 1. The second-order valence-corrected chi connectivity index (χ2v) is 5.26. The van der Waals surface area contributed by atoms with Gasteiger partial charge in [-0.3, -0.25) is 4.79 Å². The Hall–Kier alpha value is -3.09. The molecule has 0 radical (unpaired) electrons. The number of rotatable bonds is 5. The van der Waals surface area contributed by atoms with Gasteiger partial charge < -0.3 is 19.5 Å². The minimum absolute atomic E-state index is 0.0463. The minimum atomic E-state index is -0.554. The molecule has 3 aromatic rings. The van der Waals surface area contributed by atoms with Gasteiger partial charge in [-0.05, 0) is 18.6 Å². The average Bonchev–Trinajstić information content (AvgIpc) is 3.25. The van der Waals surface area contributed by atoms with Gasteiger partial charge in [0.05, 0.1) is 29.7 Å². The number of fused-ring (bicyclic) bond motifs is 1. The first-order valence-corrected chi connectivity index (χ1v) is 7.54.